The minimum atomic E-state index is -8.56. The molecule has 0 bridgehead atoms. The molecule has 0 aromatic carbocycles. The normalized spacial score (nSPS) is 15.4. The summed E-state index contributed by atoms with van der Waals surface area (Å²) in [5, 5.41) is 0. The summed E-state index contributed by atoms with van der Waals surface area (Å²) in [6, 6.07) is 0. The first-order chi connectivity index (χ1) is 14.7. The van der Waals surface area contributed by atoms with Gasteiger partial charge < -0.3 is 13.3 Å². The van der Waals surface area contributed by atoms with Crippen molar-refractivity contribution in [2.45, 2.75) is 61.0 Å². The van der Waals surface area contributed by atoms with Gasteiger partial charge in [0.15, 0.2) is 0 Å². The second-order valence-corrected chi connectivity index (χ2v) is 7.99. The Balaban J connectivity index is 0. The van der Waals surface area contributed by atoms with Gasteiger partial charge in [0.2, 0.25) is 0 Å². The Labute approximate surface area is 181 Å². The van der Waals surface area contributed by atoms with Crippen LogP contribution in [0.25, 0.3) is 0 Å². The van der Waals surface area contributed by atoms with E-state index in [9.17, 15) is 74.6 Å². The minimum Gasteiger partial charge on any atom is -0.379 e. The third-order valence-corrected chi connectivity index (χ3v) is 4.96. The summed E-state index contributed by atoms with van der Waals surface area (Å²) in [5.41, 5.74) is 0. The Bertz CT molecular complexity index is 640. The second-order valence-electron chi connectivity index (χ2n) is 6.00. The van der Waals surface area contributed by atoms with E-state index in [1.165, 1.54) is 0 Å². The number of hydrogen-bond acceptors (Lipinski definition) is 3. The van der Waals surface area contributed by atoms with Crippen molar-refractivity contribution in [2.24, 2.45) is 0 Å². The molecule has 0 N–H and O–H groups in total. The van der Waals surface area contributed by atoms with Crippen molar-refractivity contribution in [3.05, 3.63) is 0 Å². The lowest BCUT2D eigenvalue weighted by molar-refractivity contribution is -0.461. The van der Waals surface area contributed by atoms with E-state index in [2.05, 4.69) is 0 Å². The molecule has 0 aliphatic carbocycles. The van der Waals surface area contributed by atoms with Crippen LogP contribution in [0.1, 0.15) is 13.3 Å². The van der Waals surface area contributed by atoms with Crippen LogP contribution in [0.15, 0.2) is 0 Å². The van der Waals surface area contributed by atoms with Crippen molar-refractivity contribution in [2.75, 3.05) is 21.3 Å². The van der Waals surface area contributed by atoms with E-state index in [4.69, 9.17) is 13.3 Å². The van der Waals surface area contributed by atoms with Crippen LogP contribution in [0.4, 0.5) is 74.6 Å². The first-order valence-electron chi connectivity index (χ1n) is 7.96. The Kier molecular flexibility index (Phi) is 10.8. The minimum absolute atomic E-state index is 0.0628. The zero-order valence-electron chi connectivity index (χ0n) is 16.9. The molecule has 0 aliphatic rings. The summed E-state index contributed by atoms with van der Waals surface area (Å²) in [4.78, 5) is 0. The lowest BCUT2D eigenvalue weighted by atomic mass is 9.88. The predicted molar refractivity (Wildman–Crippen MR) is 79.2 cm³/mol. The molecule has 21 heteroatoms. The van der Waals surface area contributed by atoms with E-state index in [-0.39, 0.29) is 6.92 Å². The summed E-state index contributed by atoms with van der Waals surface area (Å²) in [6.07, 6.45) is -10.2. The highest BCUT2D eigenvalue weighted by Crippen LogP contribution is 2.64. The van der Waals surface area contributed by atoms with E-state index in [0.29, 0.717) is 0 Å². The molecule has 0 aromatic heterocycles. The summed E-state index contributed by atoms with van der Waals surface area (Å²) < 4.78 is 230. The van der Waals surface area contributed by atoms with Crippen LogP contribution in [0.3, 0.4) is 0 Å². The molecule has 0 amide bonds. The summed E-state index contributed by atoms with van der Waals surface area (Å²) in [5.74, 6) is -55.6. The first kappa shape index (κ1) is 35.1. The smallest absolute Gasteiger partial charge is 0.379 e. The van der Waals surface area contributed by atoms with Crippen molar-refractivity contribution in [1.82, 2.24) is 0 Å². The van der Waals surface area contributed by atoms with Crippen LogP contribution in [0, 0.1) is 0 Å². The second kappa shape index (κ2) is 10.5. The van der Waals surface area contributed by atoms with Crippen molar-refractivity contribution >= 4 is 9.53 Å². The highest BCUT2D eigenvalue weighted by molar-refractivity contribution is 6.36. The van der Waals surface area contributed by atoms with Gasteiger partial charge in [-0.2, -0.15) is 74.6 Å². The summed E-state index contributed by atoms with van der Waals surface area (Å²) in [6.45, 7) is -0.0628. The SMILES string of the molecule is CCC(F)(F)C(F)(F)C(F)(F)C(F)(F)C(F)(F)C(F)(F)C(F)(F)C(F)(F)F.CO[SiH](OC)OC. The molecular weight excluding hydrogens is 555 g/mol. The molecule has 0 radical (unpaired) electrons. The van der Waals surface area contributed by atoms with Crippen molar-refractivity contribution in [3.8, 4) is 0 Å². The maximum absolute atomic E-state index is 13.1. The monoisotopic (exact) mass is 570 g/mol. The number of alkyl halides is 17. The maximum Gasteiger partial charge on any atom is 0.483 e. The molecule has 0 atom stereocenters. The van der Waals surface area contributed by atoms with Crippen molar-refractivity contribution < 1.29 is 87.9 Å². The molecule has 0 rings (SSSR count). The summed E-state index contributed by atoms with van der Waals surface area (Å²) >= 11 is 0. The molecule has 0 aliphatic heterocycles. The Hall–Kier alpha value is -1.09. The maximum atomic E-state index is 13.1. The van der Waals surface area contributed by atoms with Gasteiger partial charge >= 0.3 is 57.2 Å². The number of hydrogen-bond donors (Lipinski definition) is 0. The van der Waals surface area contributed by atoms with E-state index in [1.54, 1.807) is 21.3 Å². The summed E-state index contributed by atoms with van der Waals surface area (Å²) in [7, 11) is 3.05. The lowest BCUT2D eigenvalue weighted by Gasteiger charge is -2.42. The van der Waals surface area contributed by atoms with Crippen LogP contribution >= 0.6 is 0 Å². The van der Waals surface area contributed by atoms with Crippen molar-refractivity contribution in [3.63, 3.8) is 0 Å². The topological polar surface area (TPSA) is 27.7 Å². The van der Waals surface area contributed by atoms with Crippen LogP contribution in [-0.2, 0) is 13.3 Å². The Morgan fingerprint density at radius 1 is 0.441 bits per heavy atom. The van der Waals surface area contributed by atoms with Gasteiger partial charge in [-0.15, -0.1) is 0 Å². The average Bonchev–Trinajstić information content (AvgIpc) is 2.67. The fraction of sp³-hybridized carbons (Fsp3) is 1.00. The van der Waals surface area contributed by atoms with Crippen LogP contribution in [0.2, 0.25) is 0 Å². The van der Waals surface area contributed by atoms with Gasteiger partial charge in [0.25, 0.3) is 0 Å². The first-order valence-corrected chi connectivity index (χ1v) is 9.37. The molecule has 0 heterocycles. The average molecular weight is 570 g/mol. The van der Waals surface area contributed by atoms with Crippen LogP contribution in [0.5, 0.6) is 0 Å². The zero-order valence-corrected chi connectivity index (χ0v) is 18.1. The molecule has 0 aromatic rings. The highest BCUT2D eigenvalue weighted by Gasteiger charge is 2.95. The molecule has 0 fully saturated rings. The van der Waals surface area contributed by atoms with Crippen LogP contribution in [-0.4, -0.2) is 78.5 Å². The van der Waals surface area contributed by atoms with E-state index in [0.717, 1.165) is 0 Å². The lowest BCUT2D eigenvalue weighted by Crippen LogP contribution is -2.74. The molecule has 0 spiro atoms. The van der Waals surface area contributed by atoms with Gasteiger partial charge in [-0.25, -0.2) is 0 Å². The van der Waals surface area contributed by atoms with Gasteiger partial charge in [-0.1, -0.05) is 6.92 Å². The zero-order chi connectivity index (χ0) is 28.4. The molecule has 3 nitrogen and oxygen atoms in total. The largest absolute Gasteiger partial charge is 0.483 e. The molecule has 34 heavy (non-hydrogen) atoms. The van der Waals surface area contributed by atoms with Crippen LogP contribution < -0.4 is 0 Å². The fourth-order valence-corrected chi connectivity index (χ4v) is 2.28. The Morgan fingerprint density at radius 3 is 0.853 bits per heavy atom. The highest BCUT2D eigenvalue weighted by atomic mass is 28.3. The van der Waals surface area contributed by atoms with Gasteiger partial charge in [-0.3, -0.25) is 0 Å². The Morgan fingerprint density at radius 2 is 0.676 bits per heavy atom. The van der Waals surface area contributed by atoms with Gasteiger partial charge in [-0.05, 0) is 0 Å². The fourth-order valence-electron chi connectivity index (χ4n) is 1.71. The number of rotatable bonds is 10. The molecule has 208 valence electrons. The molecular formula is C13H15F17O3Si. The predicted octanol–water partition coefficient (Wildman–Crippen LogP) is 6.05. The van der Waals surface area contributed by atoms with E-state index < -0.39 is 63.6 Å². The van der Waals surface area contributed by atoms with Crippen molar-refractivity contribution in [1.29, 1.82) is 0 Å². The third kappa shape index (κ3) is 5.50. The molecule has 0 unspecified atom stereocenters. The third-order valence-electron chi connectivity index (χ3n) is 3.81. The standard InChI is InChI=1S/C10H5F17.C3H10O3Si/c1-2-3(11,12)4(13,14)5(15,16)6(17,18)7(19,20)8(21,22)9(23,24)10(25,26)27;1-4-7(5-2)6-3/h2H2,1H3;7H,1-3H3. The van der Waals surface area contributed by atoms with E-state index >= 15 is 0 Å². The van der Waals surface area contributed by atoms with Gasteiger partial charge in [0.05, 0.1) is 0 Å². The number of halogens is 17. The van der Waals surface area contributed by atoms with Gasteiger partial charge in [0, 0.05) is 27.8 Å². The molecule has 0 saturated carbocycles. The van der Waals surface area contributed by atoms with Gasteiger partial charge in [0.1, 0.15) is 0 Å². The van der Waals surface area contributed by atoms with E-state index in [1.807, 2.05) is 0 Å². The molecule has 0 saturated heterocycles. The quantitative estimate of drug-likeness (QED) is 0.237.